The molecule has 2 aliphatic rings. The smallest absolute Gasteiger partial charge is 0.0918 e. The SMILES string of the molecule is C=C(OCC)C1CCC2(CCNCC2)CC1. The van der Waals surface area contributed by atoms with Crippen LogP contribution in [0.5, 0.6) is 0 Å². The zero-order chi connectivity index (χ0) is 11.4. The highest BCUT2D eigenvalue weighted by molar-refractivity contribution is 4.98. The number of hydrogen-bond acceptors (Lipinski definition) is 2. The van der Waals surface area contributed by atoms with E-state index in [1.165, 1.54) is 51.6 Å². The van der Waals surface area contributed by atoms with Gasteiger partial charge in [0.2, 0.25) is 0 Å². The Kier molecular flexibility index (Phi) is 3.91. The lowest BCUT2D eigenvalue weighted by Crippen LogP contribution is -2.39. The van der Waals surface area contributed by atoms with E-state index < -0.39 is 0 Å². The highest BCUT2D eigenvalue weighted by Gasteiger charge is 2.36. The number of allylic oxidation sites excluding steroid dienone is 1. The van der Waals surface area contributed by atoms with E-state index in [0.29, 0.717) is 11.3 Å². The first-order valence-corrected chi connectivity index (χ1v) is 6.78. The molecule has 1 N–H and O–H groups in total. The first-order valence-electron chi connectivity index (χ1n) is 6.78. The predicted molar refractivity (Wildman–Crippen MR) is 67.3 cm³/mol. The first-order chi connectivity index (χ1) is 7.76. The van der Waals surface area contributed by atoms with E-state index in [0.717, 1.165) is 12.4 Å². The summed E-state index contributed by atoms with van der Waals surface area (Å²) in [5, 5.41) is 3.47. The summed E-state index contributed by atoms with van der Waals surface area (Å²) in [6, 6.07) is 0. The number of rotatable bonds is 3. The summed E-state index contributed by atoms with van der Waals surface area (Å²) in [5.74, 6) is 1.66. The summed E-state index contributed by atoms with van der Waals surface area (Å²) in [6.07, 6.45) is 8.09. The fraction of sp³-hybridized carbons (Fsp3) is 0.857. The van der Waals surface area contributed by atoms with E-state index in [4.69, 9.17) is 4.74 Å². The summed E-state index contributed by atoms with van der Waals surface area (Å²) in [4.78, 5) is 0. The molecule has 0 radical (unpaired) electrons. The Morgan fingerprint density at radius 3 is 2.44 bits per heavy atom. The molecule has 0 aromatic rings. The summed E-state index contributed by atoms with van der Waals surface area (Å²) in [5.41, 5.74) is 0.661. The molecular weight excluding hydrogens is 198 g/mol. The van der Waals surface area contributed by atoms with Gasteiger partial charge in [0.1, 0.15) is 0 Å². The first kappa shape index (κ1) is 12.0. The molecule has 16 heavy (non-hydrogen) atoms. The van der Waals surface area contributed by atoms with Crippen LogP contribution in [0.4, 0.5) is 0 Å². The van der Waals surface area contributed by atoms with E-state index >= 15 is 0 Å². The summed E-state index contributed by atoms with van der Waals surface area (Å²) < 4.78 is 5.55. The Morgan fingerprint density at radius 2 is 1.88 bits per heavy atom. The highest BCUT2D eigenvalue weighted by Crippen LogP contribution is 2.46. The van der Waals surface area contributed by atoms with Gasteiger partial charge in [0.25, 0.3) is 0 Å². The molecule has 0 amide bonds. The van der Waals surface area contributed by atoms with Crippen LogP contribution >= 0.6 is 0 Å². The van der Waals surface area contributed by atoms with Gasteiger partial charge in [-0.15, -0.1) is 0 Å². The zero-order valence-electron chi connectivity index (χ0n) is 10.6. The van der Waals surface area contributed by atoms with Crippen LogP contribution in [0.1, 0.15) is 45.4 Å². The highest BCUT2D eigenvalue weighted by atomic mass is 16.5. The van der Waals surface area contributed by atoms with E-state index in [1.807, 2.05) is 6.92 Å². The molecule has 2 heteroatoms. The van der Waals surface area contributed by atoms with Crippen molar-refractivity contribution in [2.75, 3.05) is 19.7 Å². The molecule has 1 heterocycles. The van der Waals surface area contributed by atoms with E-state index in [2.05, 4.69) is 11.9 Å². The van der Waals surface area contributed by atoms with Gasteiger partial charge in [-0.2, -0.15) is 0 Å². The molecular formula is C14H25NO. The quantitative estimate of drug-likeness (QED) is 0.742. The van der Waals surface area contributed by atoms with Gasteiger partial charge in [-0.3, -0.25) is 0 Å². The zero-order valence-corrected chi connectivity index (χ0v) is 10.6. The Bertz CT molecular complexity index is 233. The third-order valence-corrected chi connectivity index (χ3v) is 4.50. The molecule has 0 aromatic heterocycles. The van der Waals surface area contributed by atoms with Crippen molar-refractivity contribution in [2.45, 2.75) is 45.4 Å². The third-order valence-electron chi connectivity index (χ3n) is 4.50. The molecule has 0 bridgehead atoms. The number of nitrogens with one attached hydrogen (secondary N) is 1. The standard InChI is InChI=1S/C14H25NO/c1-3-16-12(2)13-4-6-14(7-5-13)8-10-15-11-9-14/h13,15H,2-11H2,1H3. The number of ether oxygens (including phenoxy) is 1. The van der Waals surface area contributed by atoms with Gasteiger partial charge in [-0.05, 0) is 64.0 Å². The van der Waals surface area contributed by atoms with Crippen LogP contribution in [-0.4, -0.2) is 19.7 Å². The van der Waals surface area contributed by atoms with Crippen molar-refractivity contribution < 1.29 is 4.74 Å². The van der Waals surface area contributed by atoms with Gasteiger partial charge in [0.05, 0.1) is 12.4 Å². The van der Waals surface area contributed by atoms with Crippen molar-refractivity contribution in [1.29, 1.82) is 0 Å². The van der Waals surface area contributed by atoms with E-state index in [1.54, 1.807) is 0 Å². The van der Waals surface area contributed by atoms with Crippen LogP contribution in [0, 0.1) is 11.3 Å². The maximum Gasteiger partial charge on any atom is 0.0918 e. The minimum atomic E-state index is 0.625. The number of hydrogen-bond donors (Lipinski definition) is 1. The molecule has 1 spiro atoms. The minimum Gasteiger partial charge on any atom is -0.499 e. The Morgan fingerprint density at radius 1 is 1.25 bits per heavy atom. The van der Waals surface area contributed by atoms with Gasteiger partial charge >= 0.3 is 0 Å². The topological polar surface area (TPSA) is 21.3 Å². The molecule has 2 nitrogen and oxygen atoms in total. The molecule has 1 aliphatic heterocycles. The van der Waals surface area contributed by atoms with Crippen LogP contribution in [0.25, 0.3) is 0 Å². The van der Waals surface area contributed by atoms with Crippen LogP contribution in [0.15, 0.2) is 12.3 Å². The van der Waals surface area contributed by atoms with Crippen molar-refractivity contribution in [3.8, 4) is 0 Å². The molecule has 1 saturated heterocycles. The van der Waals surface area contributed by atoms with Crippen LogP contribution in [0.2, 0.25) is 0 Å². The van der Waals surface area contributed by atoms with Crippen LogP contribution < -0.4 is 5.32 Å². The molecule has 2 fully saturated rings. The molecule has 0 aromatic carbocycles. The Balaban J connectivity index is 1.83. The van der Waals surface area contributed by atoms with Crippen molar-refractivity contribution in [2.24, 2.45) is 11.3 Å². The lowest BCUT2D eigenvalue weighted by atomic mass is 9.65. The predicted octanol–water partition coefficient (Wildman–Crippen LogP) is 3.10. The molecule has 0 atom stereocenters. The van der Waals surface area contributed by atoms with Crippen molar-refractivity contribution in [1.82, 2.24) is 5.32 Å². The summed E-state index contributed by atoms with van der Waals surface area (Å²) in [6.45, 7) is 9.32. The Hall–Kier alpha value is -0.500. The fourth-order valence-corrected chi connectivity index (χ4v) is 3.31. The van der Waals surface area contributed by atoms with Gasteiger partial charge in [-0.1, -0.05) is 6.58 Å². The van der Waals surface area contributed by atoms with Crippen LogP contribution in [-0.2, 0) is 4.74 Å². The summed E-state index contributed by atoms with van der Waals surface area (Å²) >= 11 is 0. The molecule has 2 rings (SSSR count). The third kappa shape index (κ3) is 2.60. The van der Waals surface area contributed by atoms with Crippen molar-refractivity contribution in [3.05, 3.63) is 12.3 Å². The monoisotopic (exact) mass is 223 g/mol. The molecule has 0 unspecified atom stereocenters. The molecule has 1 aliphatic carbocycles. The average molecular weight is 223 g/mol. The van der Waals surface area contributed by atoms with E-state index in [9.17, 15) is 0 Å². The fourth-order valence-electron chi connectivity index (χ4n) is 3.31. The van der Waals surface area contributed by atoms with Crippen LogP contribution in [0.3, 0.4) is 0 Å². The summed E-state index contributed by atoms with van der Waals surface area (Å²) in [7, 11) is 0. The van der Waals surface area contributed by atoms with Gasteiger partial charge < -0.3 is 10.1 Å². The molecule has 1 saturated carbocycles. The largest absolute Gasteiger partial charge is 0.499 e. The van der Waals surface area contributed by atoms with Crippen molar-refractivity contribution >= 4 is 0 Å². The lowest BCUT2D eigenvalue weighted by molar-refractivity contribution is 0.0881. The average Bonchev–Trinajstić information content (AvgIpc) is 2.31. The van der Waals surface area contributed by atoms with Gasteiger partial charge in [-0.25, -0.2) is 0 Å². The van der Waals surface area contributed by atoms with Gasteiger partial charge in [0, 0.05) is 5.92 Å². The molecule has 92 valence electrons. The number of piperidine rings is 1. The Labute approximate surface area is 99.4 Å². The minimum absolute atomic E-state index is 0.625. The van der Waals surface area contributed by atoms with Crippen molar-refractivity contribution in [3.63, 3.8) is 0 Å². The second kappa shape index (κ2) is 5.22. The second-order valence-corrected chi connectivity index (χ2v) is 5.42. The second-order valence-electron chi connectivity index (χ2n) is 5.42. The van der Waals surface area contributed by atoms with Gasteiger partial charge in [0.15, 0.2) is 0 Å². The maximum absolute atomic E-state index is 5.55. The maximum atomic E-state index is 5.55. The lowest BCUT2D eigenvalue weighted by Gasteiger charge is -2.43. The van der Waals surface area contributed by atoms with E-state index in [-0.39, 0.29) is 0 Å². The normalized spacial score (nSPS) is 25.6.